The van der Waals surface area contributed by atoms with Crippen LogP contribution in [0.3, 0.4) is 0 Å². The predicted molar refractivity (Wildman–Crippen MR) is 80.9 cm³/mol. The van der Waals surface area contributed by atoms with Crippen molar-refractivity contribution < 1.29 is 9.47 Å². The Balaban J connectivity index is 1.70. The number of fused-ring (bicyclic) bond motifs is 1. The lowest BCUT2D eigenvalue weighted by molar-refractivity contribution is 0.404. The van der Waals surface area contributed by atoms with Gasteiger partial charge in [-0.3, -0.25) is 0 Å². The van der Waals surface area contributed by atoms with E-state index in [0.717, 1.165) is 30.2 Å². The van der Waals surface area contributed by atoms with Crippen LogP contribution in [0.25, 0.3) is 0 Å². The zero-order valence-electron chi connectivity index (χ0n) is 11.8. The van der Waals surface area contributed by atoms with Crippen LogP contribution in [-0.4, -0.2) is 20.8 Å². The second kappa shape index (κ2) is 5.45. The highest BCUT2D eigenvalue weighted by Gasteiger charge is 2.25. The second-order valence-electron chi connectivity index (χ2n) is 5.05. The summed E-state index contributed by atoms with van der Waals surface area (Å²) >= 11 is 0. The topological polar surface area (TPSA) is 30.5 Å². The van der Waals surface area contributed by atoms with Gasteiger partial charge in [0.25, 0.3) is 0 Å². The molecule has 2 aromatic rings. The van der Waals surface area contributed by atoms with Crippen LogP contribution in [0.2, 0.25) is 0 Å². The van der Waals surface area contributed by atoms with Crippen molar-refractivity contribution in [3.05, 3.63) is 53.6 Å². The summed E-state index contributed by atoms with van der Waals surface area (Å²) in [6.07, 6.45) is 1.15. The molecule has 0 spiro atoms. The van der Waals surface area contributed by atoms with Crippen LogP contribution in [0.1, 0.15) is 17.0 Å². The summed E-state index contributed by atoms with van der Waals surface area (Å²) < 4.78 is 10.6. The van der Waals surface area contributed by atoms with Crippen LogP contribution < -0.4 is 14.8 Å². The first kappa shape index (κ1) is 12.9. The Bertz CT molecular complexity index is 610. The SMILES string of the molecule is COc1ccc(OC)c(NCC2Cc3ccccc32)c1. The maximum atomic E-state index is 5.38. The molecule has 0 heterocycles. The van der Waals surface area contributed by atoms with E-state index in [0.29, 0.717) is 5.92 Å². The van der Waals surface area contributed by atoms with Crippen molar-refractivity contribution in [1.82, 2.24) is 0 Å². The third kappa shape index (κ3) is 2.31. The van der Waals surface area contributed by atoms with Crippen LogP contribution in [0.5, 0.6) is 11.5 Å². The van der Waals surface area contributed by atoms with Crippen LogP contribution in [0.15, 0.2) is 42.5 Å². The molecule has 3 heteroatoms. The van der Waals surface area contributed by atoms with E-state index in [2.05, 4.69) is 29.6 Å². The Hall–Kier alpha value is -2.16. The van der Waals surface area contributed by atoms with Gasteiger partial charge in [-0.1, -0.05) is 24.3 Å². The van der Waals surface area contributed by atoms with Gasteiger partial charge in [-0.2, -0.15) is 0 Å². The number of nitrogens with one attached hydrogen (secondary N) is 1. The molecule has 1 aliphatic rings. The van der Waals surface area contributed by atoms with Crippen molar-refractivity contribution >= 4 is 5.69 Å². The van der Waals surface area contributed by atoms with Crippen LogP contribution >= 0.6 is 0 Å². The number of benzene rings is 2. The Morgan fingerprint density at radius 2 is 1.95 bits per heavy atom. The van der Waals surface area contributed by atoms with Crippen LogP contribution in [-0.2, 0) is 6.42 Å². The summed E-state index contributed by atoms with van der Waals surface area (Å²) in [5.41, 5.74) is 3.91. The molecule has 104 valence electrons. The quantitative estimate of drug-likeness (QED) is 0.901. The number of ether oxygens (including phenoxy) is 2. The molecule has 1 atom stereocenters. The summed E-state index contributed by atoms with van der Waals surface area (Å²) in [7, 11) is 3.36. The van der Waals surface area contributed by atoms with Gasteiger partial charge in [0.05, 0.1) is 19.9 Å². The van der Waals surface area contributed by atoms with Crippen molar-refractivity contribution in [3.8, 4) is 11.5 Å². The number of methoxy groups -OCH3 is 2. The lowest BCUT2D eigenvalue weighted by Gasteiger charge is -2.30. The van der Waals surface area contributed by atoms with E-state index < -0.39 is 0 Å². The molecule has 3 rings (SSSR count). The lowest BCUT2D eigenvalue weighted by atomic mass is 9.77. The Morgan fingerprint density at radius 1 is 1.10 bits per heavy atom. The van der Waals surface area contributed by atoms with E-state index in [1.165, 1.54) is 11.1 Å². The molecule has 1 aliphatic carbocycles. The van der Waals surface area contributed by atoms with Gasteiger partial charge < -0.3 is 14.8 Å². The fourth-order valence-corrected chi connectivity index (χ4v) is 2.73. The minimum Gasteiger partial charge on any atom is -0.497 e. The highest BCUT2D eigenvalue weighted by molar-refractivity contribution is 5.60. The van der Waals surface area contributed by atoms with Gasteiger partial charge in [-0.05, 0) is 29.7 Å². The zero-order valence-corrected chi connectivity index (χ0v) is 11.8. The average molecular weight is 269 g/mol. The minimum atomic E-state index is 0.585. The summed E-state index contributed by atoms with van der Waals surface area (Å²) in [6.45, 7) is 0.917. The first-order valence-corrected chi connectivity index (χ1v) is 6.85. The van der Waals surface area contributed by atoms with E-state index in [9.17, 15) is 0 Å². The molecule has 0 amide bonds. The molecule has 2 aromatic carbocycles. The van der Waals surface area contributed by atoms with Gasteiger partial charge in [0.15, 0.2) is 0 Å². The Labute approximate surface area is 119 Å². The van der Waals surface area contributed by atoms with Crippen LogP contribution in [0, 0.1) is 0 Å². The lowest BCUT2D eigenvalue weighted by Crippen LogP contribution is -2.24. The molecular formula is C17H19NO2. The molecule has 0 aromatic heterocycles. The number of hydrogen-bond acceptors (Lipinski definition) is 3. The van der Waals surface area contributed by atoms with Crippen LogP contribution in [0.4, 0.5) is 5.69 Å². The standard InChI is InChI=1S/C17H19NO2/c1-19-14-7-8-17(20-2)16(10-14)18-11-13-9-12-5-3-4-6-15(12)13/h3-8,10,13,18H,9,11H2,1-2H3. The summed E-state index contributed by atoms with van der Waals surface area (Å²) in [5.74, 6) is 2.27. The van der Waals surface area contributed by atoms with Crippen molar-refractivity contribution in [3.63, 3.8) is 0 Å². The van der Waals surface area contributed by atoms with Gasteiger partial charge >= 0.3 is 0 Å². The third-order valence-corrected chi connectivity index (χ3v) is 3.91. The second-order valence-corrected chi connectivity index (χ2v) is 5.05. The van der Waals surface area contributed by atoms with E-state index in [1.54, 1.807) is 14.2 Å². The maximum absolute atomic E-state index is 5.38. The molecule has 20 heavy (non-hydrogen) atoms. The maximum Gasteiger partial charge on any atom is 0.142 e. The first-order chi connectivity index (χ1) is 9.81. The van der Waals surface area contributed by atoms with E-state index in [-0.39, 0.29) is 0 Å². The molecule has 3 nitrogen and oxygen atoms in total. The van der Waals surface area contributed by atoms with Crippen molar-refractivity contribution in [2.24, 2.45) is 0 Å². The molecular weight excluding hydrogens is 250 g/mol. The van der Waals surface area contributed by atoms with Gasteiger partial charge in [0.2, 0.25) is 0 Å². The van der Waals surface area contributed by atoms with Crippen molar-refractivity contribution in [1.29, 1.82) is 0 Å². The summed E-state index contributed by atoms with van der Waals surface area (Å²) in [5, 5.41) is 3.48. The Morgan fingerprint density at radius 3 is 2.70 bits per heavy atom. The molecule has 0 aliphatic heterocycles. The molecule has 1 unspecified atom stereocenters. The summed E-state index contributed by atoms with van der Waals surface area (Å²) in [6, 6.07) is 14.4. The number of rotatable bonds is 5. The van der Waals surface area contributed by atoms with E-state index in [4.69, 9.17) is 9.47 Å². The van der Waals surface area contributed by atoms with Gasteiger partial charge in [-0.25, -0.2) is 0 Å². The normalized spacial score (nSPS) is 16.0. The molecule has 0 bridgehead atoms. The van der Waals surface area contributed by atoms with Crippen molar-refractivity contribution in [2.75, 3.05) is 26.1 Å². The molecule has 1 N–H and O–H groups in total. The number of hydrogen-bond donors (Lipinski definition) is 1. The molecule has 0 radical (unpaired) electrons. The number of anilines is 1. The predicted octanol–water partition coefficient (Wildman–Crippen LogP) is 3.46. The molecule has 0 fully saturated rings. The Kier molecular flexibility index (Phi) is 3.50. The highest BCUT2D eigenvalue weighted by Crippen LogP contribution is 2.36. The van der Waals surface area contributed by atoms with Crippen molar-refractivity contribution in [2.45, 2.75) is 12.3 Å². The first-order valence-electron chi connectivity index (χ1n) is 6.85. The minimum absolute atomic E-state index is 0.585. The van der Waals surface area contributed by atoms with E-state index >= 15 is 0 Å². The molecule has 0 saturated carbocycles. The zero-order chi connectivity index (χ0) is 13.9. The van der Waals surface area contributed by atoms with E-state index in [1.807, 2.05) is 18.2 Å². The fraction of sp³-hybridized carbons (Fsp3) is 0.294. The highest BCUT2D eigenvalue weighted by atomic mass is 16.5. The third-order valence-electron chi connectivity index (χ3n) is 3.91. The summed E-state index contributed by atoms with van der Waals surface area (Å²) in [4.78, 5) is 0. The monoisotopic (exact) mass is 269 g/mol. The van der Waals surface area contributed by atoms with Gasteiger partial charge in [0, 0.05) is 18.5 Å². The largest absolute Gasteiger partial charge is 0.497 e. The average Bonchev–Trinajstić information content (AvgIpc) is 2.48. The smallest absolute Gasteiger partial charge is 0.142 e. The van der Waals surface area contributed by atoms with Gasteiger partial charge in [0.1, 0.15) is 11.5 Å². The fourth-order valence-electron chi connectivity index (χ4n) is 2.73. The molecule has 0 saturated heterocycles. The van der Waals surface area contributed by atoms with Gasteiger partial charge in [-0.15, -0.1) is 0 Å².